The predicted octanol–water partition coefficient (Wildman–Crippen LogP) is -0.0695. The summed E-state index contributed by atoms with van der Waals surface area (Å²) >= 11 is 5.73. The maximum atomic E-state index is 11.9. The van der Waals surface area contributed by atoms with Crippen LogP contribution >= 0.6 is 11.6 Å². The Hall–Kier alpha value is -1.76. The first-order valence-corrected chi connectivity index (χ1v) is 5.83. The molecule has 1 aliphatic rings. The van der Waals surface area contributed by atoms with Gasteiger partial charge in [0.1, 0.15) is 0 Å². The fourth-order valence-corrected chi connectivity index (χ4v) is 1.94. The van der Waals surface area contributed by atoms with E-state index in [9.17, 15) is 9.59 Å². The molecule has 0 aliphatic carbocycles. The lowest BCUT2D eigenvalue weighted by molar-refractivity contribution is 0.215. The summed E-state index contributed by atoms with van der Waals surface area (Å²) in [6, 6.07) is -0.114. The van der Waals surface area contributed by atoms with Crippen molar-refractivity contribution in [1.29, 1.82) is 0 Å². The van der Waals surface area contributed by atoms with Gasteiger partial charge in [0.15, 0.2) is 5.15 Å². The molecule has 0 unspecified atom stereocenters. The average Bonchev–Trinajstić information content (AvgIpc) is 2.75. The lowest BCUT2D eigenvalue weighted by Gasteiger charge is -2.15. The summed E-state index contributed by atoms with van der Waals surface area (Å²) in [7, 11) is 1.36. The molecule has 1 fully saturated rings. The highest BCUT2D eigenvalue weighted by atomic mass is 35.5. The molecule has 0 saturated carbocycles. The molecule has 2 heterocycles. The minimum Gasteiger partial charge on any atom is -0.489 e. The Morgan fingerprint density at radius 2 is 2.28 bits per heavy atom. The van der Waals surface area contributed by atoms with Crippen molar-refractivity contribution in [3.8, 4) is 5.75 Å². The Labute approximate surface area is 108 Å². The van der Waals surface area contributed by atoms with Gasteiger partial charge in [0.05, 0.1) is 13.4 Å². The topological polar surface area (TPSA) is 76.5 Å². The SMILES string of the molecule is COc1c(Cl)ncn(CCN2CCNC2=O)c1=O. The largest absolute Gasteiger partial charge is 0.489 e. The van der Waals surface area contributed by atoms with Crippen molar-refractivity contribution in [3.63, 3.8) is 0 Å². The van der Waals surface area contributed by atoms with Crippen molar-refractivity contribution < 1.29 is 9.53 Å². The van der Waals surface area contributed by atoms with Crippen LogP contribution in [0.2, 0.25) is 5.15 Å². The second-order valence-electron chi connectivity index (χ2n) is 3.79. The normalized spacial score (nSPS) is 14.8. The van der Waals surface area contributed by atoms with Crippen LogP contribution in [0.1, 0.15) is 0 Å². The minimum absolute atomic E-state index is 0.0186. The third kappa shape index (κ3) is 2.40. The number of amides is 2. The molecular formula is C10H13ClN4O3. The smallest absolute Gasteiger partial charge is 0.317 e. The van der Waals surface area contributed by atoms with Crippen LogP contribution in [0.3, 0.4) is 0 Å². The van der Waals surface area contributed by atoms with Crippen molar-refractivity contribution in [2.24, 2.45) is 0 Å². The molecule has 1 saturated heterocycles. The van der Waals surface area contributed by atoms with E-state index in [-0.39, 0.29) is 22.5 Å². The molecule has 98 valence electrons. The third-order valence-electron chi connectivity index (χ3n) is 2.71. The van der Waals surface area contributed by atoms with Gasteiger partial charge in [-0.3, -0.25) is 9.36 Å². The second kappa shape index (κ2) is 5.26. The van der Waals surface area contributed by atoms with Crippen LogP contribution in [-0.4, -0.2) is 47.2 Å². The van der Waals surface area contributed by atoms with E-state index in [1.54, 1.807) is 4.90 Å². The van der Waals surface area contributed by atoms with E-state index in [2.05, 4.69) is 10.3 Å². The molecule has 8 heteroatoms. The second-order valence-corrected chi connectivity index (χ2v) is 4.14. The van der Waals surface area contributed by atoms with E-state index in [4.69, 9.17) is 16.3 Å². The summed E-state index contributed by atoms with van der Waals surface area (Å²) in [5.74, 6) is 0.0186. The highest BCUT2D eigenvalue weighted by molar-refractivity contribution is 6.30. The average molecular weight is 273 g/mol. The molecule has 7 nitrogen and oxygen atoms in total. The summed E-state index contributed by atoms with van der Waals surface area (Å²) in [4.78, 5) is 28.7. The zero-order chi connectivity index (χ0) is 13.1. The van der Waals surface area contributed by atoms with E-state index >= 15 is 0 Å². The molecule has 1 aromatic rings. The van der Waals surface area contributed by atoms with Crippen LogP contribution in [0.25, 0.3) is 0 Å². The Bertz CT molecular complexity index is 516. The molecule has 0 aromatic carbocycles. The molecule has 0 bridgehead atoms. The fourth-order valence-electron chi connectivity index (χ4n) is 1.73. The van der Waals surface area contributed by atoms with Gasteiger partial charge in [-0.15, -0.1) is 0 Å². The van der Waals surface area contributed by atoms with Gasteiger partial charge in [-0.1, -0.05) is 11.6 Å². The number of nitrogens with zero attached hydrogens (tertiary/aromatic N) is 3. The van der Waals surface area contributed by atoms with Crippen molar-refractivity contribution in [3.05, 3.63) is 21.8 Å². The Kier molecular flexibility index (Phi) is 3.71. The number of aromatic nitrogens is 2. The number of hydrogen-bond acceptors (Lipinski definition) is 4. The maximum Gasteiger partial charge on any atom is 0.317 e. The molecule has 1 aromatic heterocycles. The number of hydrogen-bond donors (Lipinski definition) is 1. The monoisotopic (exact) mass is 272 g/mol. The van der Waals surface area contributed by atoms with Crippen molar-refractivity contribution in [1.82, 2.24) is 19.8 Å². The van der Waals surface area contributed by atoms with Gasteiger partial charge in [0.2, 0.25) is 5.75 Å². The van der Waals surface area contributed by atoms with Crippen molar-refractivity contribution >= 4 is 17.6 Å². The summed E-state index contributed by atoms with van der Waals surface area (Å²) in [5.41, 5.74) is -0.350. The van der Waals surface area contributed by atoms with Crippen molar-refractivity contribution in [2.45, 2.75) is 6.54 Å². The molecule has 1 aliphatic heterocycles. The fraction of sp³-hybridized carbons (Fsp3) is 0.500. The minimum atomic E-state index is -0.350. The highest BCUT2D eigenvalue weighted by Gasteiger charge is 2.19. The van der Waals surface area contributed by atoms with Gasteiger partial charge in [0, 0.05) is 26.2 Å². The first-order chi connectivity index (χ1) is 8.63. The van der Waals surface area contributed by atoms with Crippen LogP contribution in [0, 0.1) is 0 Å². The highest BCUT2D eigenvalue weighted by Crippen LogP contribution is 2.14. The number of urea groups is 1. The van der Waals surface area contributed by atoms with Gasteiger partial charge < -0.3 is 15.0 Å². The molecule has 2 rings (SSSR count). The van der Waals surface area contributed by atoms with E-state index in [1.807, 2.05) is 0 Å². The van der Waals surface area contributed by atoms with E-state index in [0.29, 0.717) is 26.2 Å². The zero-order valence-electron chi connectivity index (χ0n) is 9.85. The molecule has 2 amide bonds. The zero-order valence-corrected chi connectivity index (χ0v) is 10.6. The van der Waals surface area contributed by atoms with Gasteiger partial charge in [-0.05, 0) is 0 Å². The van der Waals surface area contributed by atoms with Gasteiger partial charge in [0.25, 0.3) is 5.56 Å². The van der Waals surface area contributed by atoms with E-state index < -0.39 is 0 Å². The first-order valence-electron chi connectivity index (χ1n) is 5.45. The number of carbonyl (C=O) groups is 1. The van der Waals surface area contributed by atoms with Gasteiger partial charge >= 0.3 is 6.03 Å². The number of nitrogens with one attached hydrogen (secondary N) is 1. The van der Waals surface area contributed by atoms with Crippen molar-refractivity contribution in [2.75, 3.05) is 26.7 Å². The number of rotatable bonds is 4. The molecule has 18 heavy (non-hydrogen) atoms. The number of halogens is 1. The Morgan fingerprint density at radius 3 is 2.89 bits per heavy atom. The van der Waals surface area contributed by atoms with E-state index in [1.165, 1.54) is 18.0 Å². The lowest BCUT2D eigenvalue weighted by atomic mass is 10.5. The Balaban J connectivity index is 2.10. The lowest BCUT2D eigenvalue weighted by Crippen LogP contribution is -2.33. The number of carbonyl (C=O) groups excluding carboxylic acids is 1. The molecule has 1 N–H and O–H groups in total. The van der Waals surface area contributed by atoms with E-state index in [0.717, 1.165) is 0 Å². The summed E-state index contributed by atoms with van der Waals surface area (Å²) < 4.78 is 6.26. The quantitative estimate of drug-likeness (QED) is 0.779. The molecule has 0 spiro atoms. The number of methoxy groups -OCH3 is 1. The van der Waals surface area contributed by atoms with Crippen LogP contribution in [0.15, 0.2) is 11.1 Å². The van der Waals surface area contributed by atoms with Gasteiger partial charge in [-0.2, -0.15) is 0 Å². The predicted molar refractivity (Wildman–Crippen MR) is 65.0 cm³/mol. The maximum absolute atomic E-state index is 11.9. The van der Waals surface area contributed by atoms with Crippen LogP contribution in [-0.2, 0) is 6.54 Å². The molecule has 0 atom stereocenters. The molecular weight excluding hydrogens is 260 g/mol. The Morgan fingerprint density at radius 1 is 1.50 bits per heavy atom. The summed E-state index contributed by atoms with van der Waals surface area (Å²) in [5, 5.41) is 2.73. The third-order valence-corrected chi connectivity index (χ3v) is 2.98. The molecule has 0 radical (unpaired) electrons. The number of ether oxygens (including phenoxy) is 1. The van der Waals surface area contributed by atoms with Gasteiger partial charge in [-0.25, -0.2) is 9.78 Å². The summed E-state index contributed by atoms with van der Waals surface area (Å²) in [6.45, 7) is 2.08. The first kappa shape index (κ1) is 12.7. The van der Waals surface area contributed by atoms with Crippen LogP contribution in [0.5, 0.6) is 5.75 Å². The standard InChI is InChI=1S/C10H13ClN4O3/c1-18-7-8(11)13-6-15(9(7)16)5-4-14-3-2-12-10(14)17/h6H,2-5H2,1H3,(H,12,17). The van der Waals surface area contributed by atoms with Crippen LogP contribution < -0.4 is 15.6 Å². The van der Waals surface area contributed by atoms with Crippen LogP contribution in [0.4, 0.5) is 4.79 Å². The summed E-state index contributed by atoms with van der Waals surface area (Å²) in [6.07, 6.45) is 1.35.